The molecule has 0 atom stereocenters. The van der Waals surface area contributed by atoms with Gasteiger partial charge < -0.3 is 10.3 Å². The average molecular weight is 360 g/mol. The molecule has 0 unspecified atom stereocenters. The fourth-order valence-electron chi connectivity index (χ4n) is 2.41. The number of carbonyl (C=O) groups is 1. The molecule has 24 heavy (non-hydrogen) atoms. The van der Waals surface area contributed by atoms with Crippen LogP contribution in [-0.4, -0.2) is 15.5 Å². The molecule has 122 valence electrons. The van der Waals surface area contributed by atoms with E-state index in [4.69, 9.17) is 23.8 Å². The van der Waals surface area contributed by atoms with Crippen molar-refractivity contribution in [1.29, 1.82) is 0 Å². The van der Waals surface area contributed by atoms with Gasteiger partial charge in [-0.05, 0) is 61.1 Å². The van der Waals surface area contributed by atoms with E-state index < -0.39 is 0 Å². The number of aromatic nitrogens is 2. The number of rotatable bonds is 2. The fourth-order valence-corrected chi connectivity index (χ4v) is 2.83. The van der Waals surface area contributed by atoms with E-state index in [1.807, 2.05) is 6.92 Å². The number of H-pyrrole nitrogens is 1. The minimum Gasteiger partial charge on any atom is -0.332 e. The number of anilines is 1. The normalized spacial score (nSPS) is 10.8. The van der Waals surface area contributed by atoms with Crippen molar-refractivity contribution in [1.82, 2.24) is 9.55 Å². The standard InChI is InChI=1S/C17H14ClN3O2S/c1-9-7-11(18)4-6-13(9)19-15(22)10-3-5-12-14(8-10)20-17(24)21(2)16(12)23/h3-8H,1-2H3,(H,19,22)(H,20,24). The first-order chi connectivity index (χ1) is 11.4. The summed E-state index contributed by atoms with van der Waals surface area (Å²) >= 11 is 11.0. The first-order valence-corrected chi connectivity index (χ1v) is 7.96. The number of aromatic amines is 1. The third-order valence-electron chi connectivity index (χ3n) is 3.80. The van der Waals surface area contributed by atoms with Crippen molar-refractivity contribution >= 4 is 46.3 Å². The Morgan fingerprint density at radius 1 is 1.25 bits per heavy atom. The summed E-state index contributed by atoms with van der Waals surface area (Å²) in [5.74, 6) is -0.276. The molecule has 3 rings (SSSR count). The van der Waals surface area contributed by atoms with E-state index in [2.05, 4.69) is 10.3 Å². The zero-order chi connectivity index (χ0) is 17.4. The van der Waals surface area contributed by atoms with Crippen LogP contribution in [-0.2, 0) is 7.05 Å². The highest BCUT2D eigenvalue weighted by Crippen LogP contribution is 2.20. The topological polar surface area (TPSA) is 66.9 Å². The molecule has 0 spiro atoms. The van der Waals surface area contributed by atoms with Crippen LogP contribution < -0.4 is 10.9 Å². The third kappa shape index (κ3) is 2.98. The Morgan fingerprint density at radius 2 is 2.00 bits per heavy atom. The number of amides is 1. The minimum absolute atomic E-state index is 0.200. The molecule has 0 fully saturated rings. The highest BCUT2D eigenvalue weighted by molar-refractivity contribution is 7.71. The Kier molecular flexibility index (Phi) is 4.26. The van der Waals surface area contributed by atoms with Gasteiger partial charge >= 0.3 is 0 Å². The molecule has 2 aromatic carbocycles. The van der Waals surface area contributed by atoms with E-state index in [0.717, 1.165) is 5.56 Å². The van der Waals surface area contributed by atoms with Crippen LogP contribution in [0.5, 0.6) is 0 Å². The van der Waals surface area contributed by atoms with Crippen LogP contribution in [0.25, 0.3) is 10.9 Å². The summed E-state index contributed by atoms with van der Waals surface area (Å²) < 4.78 is 1.66. The number of aryl methyl sites for hydroxylation is 1. The molecule has 0 radical (unpaired) electrons. The molecule has 7 heteroatoms. The van der Waals surface area contributed by atoms with Gasteiger partial charge in [0.1, 0.15) is 0 Å². The lowest BCUT2D eigenvalue weighted by Gasteiger charge is -2.09. The Hall–Kier alpha value is -2.44. The number of fused-ring (bicyclic) bond motifs is 1. The number of hydrogen-bond donors (Lipinski definition) is 2. The lowest BCUT2D eigenvalue weighted by Crippen LogP contribution is -2.19. The highest BCUT2D eigenvalue weighted by atomic mass is 35.5. The largest absolute Gasteiger partial charge is 0.332 e. The third-order valence-corrected chi connectivity index (χ3v) is 4.41. The summed E-state index contributed by atoms with van der Waals surface area (Å²) in [5, 5.41) is 3.93. The number of halogens is 1. The van der Waals surface area contributed by atoms with Crippen LogP contribution in [0.4, 0.5) is 5.69 Å². The van der Waals surface area contributed by atoms with Crippen LogP contribution in [0.15, 0.2) is 41.2 Å². The van der Waals surface area contributed by atoms with Crippen molar-refractivity contribution in [3.8, 4) is 0 Å². The molecule has 0 saturated carbocycles. The van der Waals surface area contributed by atoms with Gasteiger partial charge in [0.2, 0.25) is 0 Å². The van der Waals surface area contributed by atoms with Gasteiger partial charge in [-0.15, -0.1) is 0 Å². The molecule has 5 nitrogen and oxygen atoms in total. The molecule has 0 saturated heterocycles. The van der Waals surface area contributed by atoms with E-state index in [1.165, 1.54) is 4.57 Å². The van der Waals surface area contributed by atoms with Gasteiger partial charge in [0.05, 0.1) is 10.9 Å². The van der Waals surface area contributed by atoms with E-state index in [1.54, 1.807) is 43.4 Å². The van der Waals surface area contributed by atoms with E-state index in [0.29, 0.717) is 31.9 Å². The van der Waals surface area contributed by atoms with Gasteiger partial charge in [0.25, 0.3) is 11.5 Å². The van der Waals surface area contributed by atoms with Crippen LogP contribution in [0, 0.1) is 11.7 Å². The molecule has 0 aliphatic carbocycles. The zero-order valence-corrected chi connectivity index (χ0v) is 14.6. The van der Waals surface area contributed by atoms with Crippen molar-refractivity contribution in [2.24, 2.45) is 7.05 Å². The summed E-state index contributed by atoms with van der Waals surface area (Å²) in [5.41, 5.74) is 2.31. The maximum atomic E-state index is 12.5. The smallest absolute Gasteiger partial charge is 0.261 e. The zero-order valence-electron chi connectivity index (χ0n) is 13.0. The van der Waals surface area contributed by atoms with Gasteiger partial charge in [0.15, 0.2) is 4.77 Å². The Balaban J connectivity index is 2.00. The average Bonchev–Trinajstić information content (AvgIpc) is 2.54. The van der Waals surface area contributed by atoms with Crippen molar-refractivity contribution in [3.05, 3.63) is 67.7 Å². The minimum atomic E-state index is -0.276. The number of nitrogens with zero attached hydrogens (tertiary/aromatic N) is 1. The summed E-state index contributed by atoms with van der Waals surface area (Å²) in [4.78, 5) is 27.6. The summed E-state index contributed by atoms with van der Waals surface area (Å²) in [6, 6.07) is 10.1. The molecule has 0 aliphatic heterocycles. The van der Waals surface area contributed by atoms with Crippen molar-refractivity contribution < 1.29 is 4.79 Å². The van der Waals surface area contributed by atoms with Gasteiger partial charge in [-0.3, -0.25) is 14.2 Å². The van der Waals surface area contributed by atoms with Crippen LogP contribution >= 0.6 is 23.8 Å². The molecule has 0 aliphatic rings. The molecule has 0 bridgehead atoms. The summed E-state index contributed by atoms with van der Waals surface area (Å²) in [6.07, 6.45) is 0. The monoisotopic (exact) mass is 359 g/mol. The van der Waals surface area contributed by atoms with Gasteiger partial charge in [0, 0.05) is 23.3 Å². The predicted molar refractivity (Wildman–Crippen MR) is 98.5 cm³/mol. The quantitative estimate of drug-likeness (QED) is 0.684. The van der Waals surface area contributed by atoms with E-state index >= 15 is 0 Å². The first kappa shape index (κ1) is 16.4. The lowest BCUT2D eigenvalue weighted by molar-refractivity contribution is 0.102. The van der Waals surface area contributed by atoms with E-state index in [9.17, 15) is 9.59 Å². The Morgan fingerprint density at radius 3 is 2.71 bits per heavy atom. The van der Waals surface area contributed by atoms with Gasteiger partial charge in [-0.25, -0.2) is 0 Å². The first-order valence-electron chi connectivity index (χ1n) is 7.17. The van der Waals surface area contributed by atoms with E-state index in [-0.39, 0.29) is 11.5 Å². The van der Waals surface area contributed by atoms with Crippen LogP contribution in [0.2, 0.25) is 5.02 Å². The molecule has 3 aromatic rings. The second-order valence-electron chi connectivity index (χ2n) is 5.47. The van der Waals surface area contributed by atoms with Crippen molar-refractivity contribution in [3.63, 3.8) is 0 Å². The van der Waals surface area contributed by atoms with Crippen molar-refractivity contribution in [2.75, 3.05) is 5.32 Å². The second kappa shape index (κ2) is 6.22. The maximum Gasteiger partial charge on any atom is 0.261 e. The molecule has 1 amide bonds. The molecule has 1 aromatic heterocycles. The summed E-state index contributed by atoms with van der Waals surface area (Å²) in [6.45, 7) is 1.86. The van der Waals surface area contributed by atoms with Gasteiger partial charge in [-0.1, -0.05) is 11.6 Å². The number of benzene rings is 2. The Labute approximate surface area is 147 Å². The Bertz CT molecular complexity index is 1090. The molecule has 1 heterocycles. The summed E-state index contributed by atoms with van der Waals surface area (Å²) in [7, 11) is 1.60. The fraction of sp³-hybridized carbons (Fsp3) is 0.118. The van der Waals surface area contributed by atoms with Crippen LogP contribution in [0.1, 0.15) is 15.9 Å². The van der Waals surface area contributed by atoms with Crippen molar-refractivity contribution in [2.45, 2.75) is 6.92 Å². The maximum absolute atomic E-state index is 12.5. The number of hydrogen-bond acceptors (Lipinski definition) is 3. The molecular formula is C17H14ClN3O2S. The SMILES string of the molecule is Cc1cc(Cl)ccc1NC(=O)c1ccc2c(=O)n(C)c(=S)[nH]c2c1. The lowest BCUT2D eigenvalue weighted by atomic mass is 10.1. The number of carbonyl (C=O) groups excluding carboxylic acids is 1. The molecule has 2 N–H and O–H groups in total. The van der Waals surface area contributed by atoms with Gasteiger partial charge in [-0.2, -0.15) is 0 Å². The number of nitrogens with one attached hydrogen (secondary N) is 2. The predicted octanol–water partition coefficient (Wildman–Crippen LogP) is 3.81. The highest BCUT2D eigenvalue weighted by Gasteiger charge is 2.11. The van der Waals surface area contributed by atoms with Crippen LogP contribution in [0.3, 0.4) is 0 Å². The second-order valence-corrected chi connectivity index (χ2v) is 6.29. The molecular weight excluding hydrogens is 346 g/mol.